The van der Waals surface area contributed by atoms with Crippen LogP contribution in [0.3, 0.4) is 0 Å². The molecule has 1 N–H and O–H groups in total. The maximum Gasteiger partial charge on any atom is 0.338 e. The molecule has 0 saturated carbocycles. The fourth-order valence-corrected chi connectivity index (χ4v) is 2.19. The van der Waals surface area contributed by atoms with Gasteiger partial charge in [0, 0.05) is 11.1 Å². The van der Waals surface area contributed by atoms with Crippen LogP contribution < -0.4 is 10.1 Å². The molecular weight excluding hydrogens is 354 g/mol. The van der Waals surface area contributed by atoms with Crippen LogP contribution in [0.5, 0.6) is 5.75 Å². The number of nitrogens with one attached hydrogen (secondary N) is 1. The zero-order chi connectivity index (χ0) is 18.9. The average molecular weight is 376 g/mol. The van der Waals surface area contributed by atoms with Crippen molar-refractivity contribution >= 4 is 23.5 Å². The molecule has 0 aliphatic heterocycles. The van der Waals surface area contributed by atoms with Gasteiger partial charge in [0.2, 0.25) is 0 Å². The molecule has 1 atom stereocenters. The number of benzene rings is 2. The van der Waals surface area contributed by atoms with Crippen LogP contribution in [0.25, 0.3) is 0 Å². The van der Waals surface area contributed by atoms with Gasteiger partial charge in [-0.25, -0.2) is 4.79 Å². The Morgan fingerprint density at radius 1 is 1.08 bits per heavy atom. The molecule has 0 aromatic heterocycles. The molecule has 0 heterocycles. The summed E-state index contributed by atoms with van der Waals surface area (Å²) < 4.78 is 10.7. The number of ether oxygens (including phenoxy) is 2. The maximum absolute atomic E-state index is 12.0. The fraction of sp³-hybridized carbons (Fsp3) is 0.300. The van der Waals surface area contributed by atoms with E-state index in [-0.39, 0.29) is 18.6 Å². The molecule has 0 radical (unpaired) electrons. The monoisotopic (exact) mass is 375 g/mol. The molecule has 138 valence electrons. The SMILES string of the molecule is CC[C@@H](C)NC(=O)COC(=O)c1ccc(COc2ccc(Cl)cc2)cc1. The molecule has 1 amide bonds. The molecule has 0 aliphatic rings. The molecule has 0 bridgehead atoms. The van der Waals surface area contributed by atoms with Crippen molar-refractivity contribution in [3.05, 3.63) is 64.7 Å². The van der Waals surface area contributed by atoms with Crippen LogP contribution >= 0.6 is 11.6 Å². The van der Waals surface area contributed by atoms with E-state index in [1.165, 1.54) is 0 Å². The van der Waals surface area contributed by atoms with E-state index in [2.05, 4.69) is 5.32 Å². The summed E-state index contributed by atoms with van der Waals surface area (Å²) in [5.41, 5.74) is 1.29. The summed E-state index contributed by atoms with van der Waals surface area (Å²) in [5, 5.41) is 3.39. The van der Waals surface area contributed by atoms with Crippen molar-refractivity contribution in [3.8, 4) is 5.75 Å². The van der Waals surface area contributed by atoms with Crippen LogP contribution in [-0.4, -0.2) is 24.5 Å². The smallest absolute Gasteiger partial charge is 0.338 e. The van der Waals surface area contributed by atoms with E-state index in [0.29, 0.717) is 22.9 Å². The van der Waals surface area contributed by atoms with E-state index in [1.807, 2.05) is 13.8 Å². The highest BCUT2D eigenvalue weighted by Gasteiger charge is 2.11. The van der Waals surface area contributed by atoms with Gasteiger partial charge >= 0.3 is 5.97 Å². The first-order chi connectivity index (χ1) is 12.5. The van der Waals surface area contributed by atoms with Crippen molar-refractivity contribution in [2.24, 2.45) is 0 Å². The lowest BCUT2D eigenvalue weighted by atomic mass is 10.1. The van der Waals surface area contributed by atoms with Gasteiger partial charge in [-0.15, -0.1) is 0 Å². The van der Waals surface area contributed by atoms with E-state index in [4.69, 9.17) is 21.1 Å². The van der Waals surface area contributed by atoms with E-state index in [9.17, 15) is 9.59 Å². The first-order valence-electron chi connectivity index (χ1n) is 8.41. The standard InChI is InChI=1S/C20H22ClNO4/c1-3-14(2)22-19(23)13-26-20(24)16-6-4-15(5-7-16)12-25-18-10-8-17(21)9-11-18/h4-11,14H,3,12-13H2,1-2H3,(H,22,23)/t14-/m1/s1. The topological polar surface area (TPSA) is 64.6 Å². The van der Waals surface area contributed by atoms with Gasteiger partial charge in [0.15, 0.2) is 6.61 Å². The molecule has 2 aromatic carbocycles. The number of carbonyl (C=O) groups excluding carboxylic acids is 2. The molecule has 2 aromatic rings. The van der Waals surface area contributed by atoms with Gasteiger partial charge in [-0.05, 0) is 55.3 Å². The van der Waals surface area contributed by atoms with Crippen molar-refractivity contribution in [2.45, 2.75) is 32.9 Å². The largest absolute Gasteiger partial charge is 0.489 e. The van der Waals surface area contributed by atoms with Crippen molar-refractivity contribution in [2.75, 3.05) is 6.61 Å². The molecule has 2 rings (SSSR count). The van der Waals surface area contributed by atoms with Gasteiger partial charge < -0.3 is 14.8 Å². The third kappa shape index (κ3) is 6.41. The summed E-state index contributed by atoms with van der Waals surface area (Å²) in [5.74, 6) is -0.125. The Morgan fingerprint density at radius 2 is 1.73 bits per heavy atom. The minimum atomic E-state index is -0.533. The second-order valence-electron chi connectivity index (χ2n) is 5.89. The molecular formula is C20H22ClNO4. The van der Waals surface area contributed by atoms with E-state index in [1.54, 1.807) is 48.5 Å². The molecule has 0 saturated heterocycles. The van der Waals surface area contributed by atoms with Gasteiger partial charge in [-0.2, -0.15) is 0 Å². The number of esters is 1. The lowest BCUT2D eigenvalue weighted by Crippen LogP contribution is -2.35. The van der Waals surface area contributed by atoms with Crippen LogP contribution in [0, 0.1) is 0 Å². The predicted octanol–water partition coefficient (Wildman–Crippen LogP) is 3.99. The van der Waals surface area contributed by atoms with Gasteiger partial charge in [0.1, 0.15) is 12.4 Å². The molecule has 0 aliphatic carbocycles. The Bertz CT molecular complexity index is 728. The van der Waals surface area contributed by atoms with Gasteiger partial charge in [-0.3, -0.25) is 4.79 Å². The first-order valence-corrected chi connectivity index (χ1v) is 8.79. The number of hydrogen-bond acceptors (Lipinski definition) is 4. The van der Waals surface area contributed by atoms with Gasteiger partial charge in [0.25, 0.3) is 5.91 Å². The van der Waals surface area contributed by atoms with Gasteiger partial charge in [0.05, 0.1) is 5.56 Å². The molecule has 5 nitrogen and oxygen atoms in total. The zero-order valence-electron chi connectivity index (χ0n) is 14.8. The normalized spacial score (nSPS) is 11.5. The van der Waals surface area contributed by atoms with Gasteiger partial charge in [-0.1, -0.05) is 30.7 Å². The summed E-state index contributed by atoms with van der Waals surface area (Å²) >= 11 is 5.83. The number of halogens is 1. The summed E-state index contributed by atoms with van der Waals surface area (Å²) in [6.07, 6.45) is 0.819. The number of rotatable bonds is 8. The molecule has 26 heavy (non-hydrogen) atoms. The Balaban J connectivity index is 1.81. The Morgan fingerprint density at radius 3 is 2.35 bits per heavy atom. The average Bonchev–Trinajstić information content (AvgIpc) is 2.66. The second-order valence-corrected chi connectivity index (χ2v) is 6.33. The molecule has 0 spiro atoms. The van der Waals surface area contributed by atoms with Crippen LogP contribution in [0.2, 0.25) is 5.02 Å². The number of hydrogen-bond donors (Lipinski definition) is 1. The number of amides is 1. The first kappa shape index (κ1) is 19.8. The molecule has 0 fully saturated rings. The minimum absolute atomic E-state index is 0.0566. The minimum Gasteiger partial charge on any atom is -0.489 e. The summed E-state index contributed by atoms with van der Waals surface area (Å²) in [6.45, 7) is 3.94. The summed E-state index contributed by atoms with van der Waals surface area (Å²) in [7, 11) is 0. The highest BCUT2D eigenvalue weighted by molar-refractivity contribution is 6.30. The number of carbonyl (C=O) groups is 2. The quantitative estimate of drug-likeness (QED) is 0.708. The maximum atomic E-state index is 12.0. The highest BCUT2D eigenvalue weighted by Crippen LogP contribution is 2.17. The van der Waals surface area contributed by atoms with E-state index in [0.717, 1.165) is 12.0 Å². The Hall–Kier alpha value is -2.53. The predicted molar refractivity (Wildman–Crippen MR) is 100 cm³/mol. The van der Waals surface area contributed by atoms with E-state index >= 15 is 0 Å². The van der Waals surface area contributed by atoms with Crippen LogP contribution in [-0.2, 0) is 16.1 Å². The van der Waals surface area contributed by atoms with Crippen molar-refractivity contribution in [1.82, 2.24) is 5.32 Å². The summed E-state index contributed by atoms with van der Waals surface area (Å²) in [6, 6.07) is 14.0. The zero-order valence-corrected chi connectivity index (χ0v) is 15.6. The Kier molecular flexibility index (Phi) is 7.48. The Labute approximate surface area is 158 Å². The lowest BCUT2D eigenvalue weighted by molar-refractivity contribution is -0.124. The second kappa shape index (κ2) is 9.82. The molecule has 0 unspecified atom stereocenters. The highest BCUT2D eigenvalue weighted by atomic mass is 35.5. The van der Waals surface area contributed by atoms with Crippen molar-refractivity contribution in [1.29, 1.82) is 0 Å². The van der Waals surface area contributed by atoms with Crippen LogP contribution in [0.1, 0.15) is 36.2 Å². The molecule has 6 heteroatoms. The van der Waals surface area contributed by atoms with Crippen LogP contribution in [0.15, 0.2) is 48.5 Å². The summed E-state index contributed by atoms with van der Waals surface area (Å²) in [4.78, 5) is 23.6. The third-order valence-electron chi connectivity index (χ3n) is 3.76. The third-order valence-corrected chi connectivity index (χ3v) is 4.01. The van der Waals surface area contributed by atoms with Crippen molar-refractivity contribution in [3.63, 3.8) is 0 Å². The van der Waals surface area contributed by atoms with Crippen LogP contribution in [0.4, 0.5) is 0 Å². The lowest BCUT2D eigenvalue weighted by Gasteiger charge is -2.11. The fourth-order valence-electron chi connectivity index (χ4n) is 2.07. The van der Waals surface area contributed by atoms with E-state index < -0.39 is 5.97 Å². The van der Waals surface area contributed by atoms with Crippen molar-refractivity contribution < 1.29 is 19.1 Å².